The average Bonchev–Trinajstić information content (AvgIpc) is 3.12. The molecule has 0 bridgehead atoms. The van der Waals surface area contributed by atoms with E-state index in [0.717, 1.165) is 4.70 Å². The molecule has 1 saturated heterocycles. The van der Waals surface area contributed by atoms with Crippen molar-refractivity contribution in [2.45, 2.75) is 4.90 Å². The van der Waals surface area contributed by atoms with Gasteiger partial charge in [-0.1, -0.05) is 6.07 Å². The molecule has 2 aromatic carbocycles. The van der Waals surface area contributed by atoms with E-state index in [1.165, 1.54) is 39.9 Å². The van der Waals surface area contributed by atoms with Gasteiger partial charge in [0.15, 0.2) is 0 Å². The van der Waals surface area contributed by atoms with Crippen molar-refractivity contribution in [3.05, 3.63) is 59.2 Å². The number of ether oxygens (including phenoxy) is 1. The maximum atomic E-state index is 13.3. The normalized spacial score (nSPS) is 15.6. The minimum Gasteiger partial charge on any atom is -0.379 e. The van der Waals surface area contributed by atoms with Gasteiger partial charge in [-0.05, 0) is 47.9 Å². The first kappa shape index (κ1) is 19.0. The van der Waals surface area contributed by atoms with Crippen LogP contribution in [-0.4, -0.2) is 44.9 Å². The first-order valence-corrected chi connectivity index (χ1v) is 10.9. The van der Waals surface area contributed by atoms with E-state index < -0.39 is 10.0 Å². The van der Waals surface area contributed by atoms with Gasteiger partial charge in [-0.25, -0.2) is 12.8 Å². The Bertz CT molecular complexity index is 1140. The Morgan fingerprint density at radius 1 is 1.11 bits per heavy atom. The largest absolute Gasteiger partial charge is 0.379 e. The van der Waals surface area contributed by atoms with Crippen molar-refractivity contribution in [3.63, 3.8) is 0 Å². The van der Waals surface area contributed by atoms with Crippen molar-refractivity contribution in [2.75, 3.05) is 31.6 Å². The molecule has 0 aliphatic carbocycles. The fraction of sp³-hybridized carbons (Fsp3) is 0.211. The molecule has 28 heavy (non-hydrogen) atoms. The van der Waals surface area contributed by atoms with Crippen LogP contribution in [0.5, 0.6) is 0 Å². The fourth-order valence-electron chi connectivity index (χ4n) is 2.99. The summed E-state index contributed by atoms with van der Waals surface area (Å²) in [4.78, 5) is 13.1. The zero-order valence-electron chi connectivity index (χ0n) is 14.7. The van der Waals surface area contributed by atoms with Crippen molar-refractivity contribution < 1.29 is 22.3 Å². The monoisotopic (exact) mass is 420 g/mol. The smallest absolute Gasteiger partial charge is 0.265 e. The van der Waals surface area contributed by atoms with Gasteiger partial charge < -0.3 is 10.1 Å². The van der Waals surface area contributed by atoms with Crippen LogP contribution in [0.25, 0.3) is 10.1 Å². The Morgan fingerprint density at radius 3 is 2.68 bits per heavy atom. The molecule has 146 valence electrons. The van der Waals surface area contributed by atoms with Crippen LogP contribution in [0.3, 0.4) is 0 Å². The number of amides is 1. The number of hydrogen-bond acceptors (Lipinski definition) is 5. The molecule has 0 saturated carbocycles. The van der Waals surface area contributed by atoms with E-state index >= 15 is 0 Å². The van der Waals surface area contributed by atoms with E-state index in [0.29, 0.717) is 42.3 Å². The lowest BCUT2D eigenvalue weighted by Gasteiger charge is -2.26. The number of sulfonamides is 1. The minimum atomic E-state index is -3.65. The van der Waals surface area contributed by atoms with Gasteiger partial charge in [0.2, 0.25) is 10.0 Å². The third-order valence-corrected chi connectivity index (χ3v) is 7.41. The molecule has 0 radical (unpaired) electrons. The quantitative estimate of drug-likeness (QED) is 0.703. The van der Waals surface area contributed by atoms with Crippen LogP contribution in [0, 0.1) is 5.82 Å². The number of carbonyl (C=O) groups excluding carboxylic acids is 1. The van der Waals surface area contributed by atoms with Crippen LogP contribution < -0.4 is 5.32 Å². The van der Waals surface area contributed by atoms with Crippen molar-refractivity contribution in [1.29, 1.82) is 0 Å². The lowest BCUT2D eigenvalue weighted by atomic mass is 10.2. The third kappa shape index (κ3) is 3.79. The number of morpholine rings is 1. The van der Waals surface area contributed by atoms with Gasteiger partial charge >= 0.3 is 0 Å². The summed E-state index contributed by atoms with van der Waals surface area (Å²) in [5, 5.41) is 3.37. The predicted molar refractivity (Wildman–Crippen MR) is 106 cm³/mol. The second-order valence-corrected chi connectivity index (χ2v) is 9.31. The van der Waals surface area contributed by atoms with E-state index in [4.69, 9.17) is 4.74 Å². The van der Waals surface area contributed by atoms with E-state index in [2.05, 4.69) is 5.32 Å². The minimum absolute atomic E-state index is 0.116. The molecule has 2 heterocycles. The van der Waals surface area contributed by atoms with E-state index in [1.807, 2.05) is 0 Å². The lowest BCUT2D eigenvalue weighted by Crippen LogP contribution is -2.40. The molecular weight excluding hydrogens is 403 g/mol. The Hall–Kier alpha value is -2.33. The van der Waals surface area contributed by atoms with Crippen molar-refractivity contribution in [2.24, 2.45) is 0 Å². The Balaban J connectivity index is 1.56. The Labute approximate surface area is 165 Å². The highest BCUT2D eigenvalue weighted by Crippen LogP contribution is 2.27. The van der Waals surface area contributed by atoms with Gasteiger partial charge in [-0.2, -0.15) is 4.31 Å². The molecule has 1 fully saturated rings. The lowest BCUT2D eigenvalue weighted by molar-refractivity contribution is 0.0730. The highest BCUT2D eigenvalue weighted by Gasteiger charge is 2.26. The molecule has 1 aliphatic rings. The van der Waals surface area contributed by atoms with E-state index in [1.54, 1.807) is 24.3 Å². The Morgan fingerprint density at radius 2 is 1.89 bits per heavy atom. The number of hydrogen-bond donors (Lipinski definition) is 1. The number of nitrogens with zero attached hydrogens (tertiary/aromatic N) is 1. The first-order valence-electron chi connectivity index (χ1n) is 8.62. The SMILES string of the molecule is O=C(Nc1cccc(S(=O)(=O)N2CCOCC2)c1)c1cc2cc(F)ccc2s1. The Kier molecular flexibility index (Phi) is 5.15. The summed E-state index contributed by atoms with van der Waals surface area (Å²) in [5.41, 5.74) is 0.378. The first-order chi connectivity index (χ1) is 13.4. The number of benzene rings is 2. The molecule has 9 heteroatoms. The number of thiophene rings is 1. The van der Waals surface area contributed by atoms with Crippen molar-refractivity contribution >= 4 is 43.0 Å². The van der Waals surface area contributed by atoms with Gasteiger partial charge in [0.05, 0.1) is 23.0 Å². The van der Waals surface area contributed by atoms with E-state index in [9.17, 15) is 17.6 Å². The van der Waals surface area contributed by atoms with E-state index in [-0.39, 0.29) is 16.6 Å². The van der Waals surface area contributed by atoms with Gasteiger partial charge in [0.25, 0.3) is 5.91 Å². The molecule has 0 spiro atoms. The summed E-state index contributed by atoms with van der Waals surface area (Å²) in [6, 6.07) is 12.1. The number of fused-ring (bicyclic) bond motifs is 1. The number of nitrogens with one attached hydrogen (secondary N) is 1. The second kappa shape index (κ2) is 7.59. The molecular formula is C19H17FN2O4S2. The van der Waals surface area contributed by atoms with Crippen LogP contribution in [0.15, 0.2) is 53.4 Å². The van der Waals surface area contributed by atoms with Crippen LogP contribution >= 0.6 is 11.3 Å². The highest BCUT2D eigenvalue weighted by atomic mass is 32.2. The summed E-state index contributed by atoms with van der Waals surface area (Å²) in [5.74, 6) is -0.735. The molecule has 6 nitrogen and oxygen atoms in total. The van der Waals surface area contributed by atoms with Gasteiger partial charge in [0.1, 0.15) is 5.82 Å². The van der Waals surface area contributed by atoms with Gasteiger partial charge in [0, 0.05) is 23.5 Å². The van der Waals surface area contributed by atoms with Gasteiger partial charge in [-0.15, -0.1) is 11.3 Å². The zero-order valence-corrected chi connectivity index (χ0v) is 16.4. The van der Waals surface area contributed by atoms with Crippen LogP contribution in [0.2, 0.25) is 0 Å². The second-order valence-electron chi connectivity index (χ2n) is 6.29. The van der Waals surface area contributed by atoms with Crippen LogP contribution in [0.4, 0.5) is 10.1 Å². The molecule has 3 aromatic rings. The number of carbonyl (C=O) groups is 1. The summed E-state index contributed by atoms with van der Waals surface area (Å²) in [6.07, 6.45) is 0. The molecule has 1 amide bonds. The maximum Gasteiger partial charge on any atom is 0.265 e. The number of halogens is 1. The molecule has 1 N–H and O–H groups in total. The summed E-state index contributed by atoms with van der Waals surface area (Å²) >= 11 is 1.25. The summed E-state index contributed by atoms with van der Waals surface area (Å²) in [6.45, 7) is 1.33. The standard InChI is InChI=1S/C19H17FN2O4S2/c20-14-4-5-17-13(10-14)11-18(27-17)19(23)21-15-2-1-3-16(12-15)28(24,25)22-6-8-26-9-7-22/h1-5,10-12H,6-9H2,(H,21,23). The molecule has 1 aromatic heterocycles. The zero-order chi connectivity index (χ0) is 19.7. The van der Waals surface area contributed by atoms with Crippen LogP contribution in [0.1, 0.15) is 9.67 Å². The molecule has 1 aliphatic heterocycles. The highest BCUT2D eigenvalue weighted by molar-refractivity contribution is 7.89. The topological polar surface area (TPSA) is 75.7 Å². The van der Waals surface area contributed by atoms with Gasteiger partial charge in [-0.3, -0.25) is 4.79 Å². The summed E-state index contributed by atoms with van der Waals surface area (Å²) < 4.78 is 46.3. The van der Waals surface area contributed by atoms with Crippen molar-refractivity contribution in [1.82, 2.24) is 4.31 Å². The molecule has 0 unspecified atom stereocenters. The molecule has 0 atom stereocenters. The number of rotatable bonds is 4. The number of anilines is 1. The molecule has 4 rings (SSSR count). The average molecular weight is 420 g/mol. The summed E-state index contributed by atoms with van der Waals surface area (Å²) in [7, 11) is -3.65. The van der Waals surface area contributed by atoms with Crippen LogP contribution in [-0.2, 0) is 14.8 Å². The predicted octanol–water partition coefficient (Wildman–Crippen LogP) is 3.31. The maximum absolute atomic E-state index is 13.3. The fourth-order valence-corrected chi connectivity index (χ4v) is 5.38. The third-order valence-electron chi connectivity index (χ3n) is 4.40. The van der Waals surface area contributed by atoms with Crippen molar-refractivity contribution in [3.8, 4) is 0 Å².